The molecule has 0 aliphatic rings. The van der Waals surface area contributed by atoms with Gasteiger partial charge in [0.1, 0.15) is 6.61 Å². The van der Waals surface area contributed by atoms with E-state index in [4.69, 9.17) is 27.9 Å². The summed E-state index contributed by atoms with van der Waals surface area (Å²) in [5, 5.41) is 11.5. The Morgan fingerprint density at radius 2 is 2.05 bits per heavy atom. The molecule has 6 nitrogen and oxygen atoms in total. The van der Waals surface area contributed by atoms with Crippen LogP contribution in [0, 0.1) is 0 Å². The number of methoxy groups -OCH3 is 1. The van der Waals surface area contributed by atoms with Crippen molar-refractivity contribution in [2.24, 2.45) is 0 Å². The lowest BCUT2D eigenvalue weighted by molar-refractivity contribution is 0.178. The molecule has 1 aromatic heterocycles. The second kappa shape index (κ2) is 7.78. The highest BCUT2D eigenvalue weighted by molar-refractivity contribution is 6.35. The second-order valence-corrected chi connectivity index (χ2v) is 5.86. The van der Waals surface area contributed by atoms with Gasteiger partial charge in [-0.3, -0.25) is 5.10 Å². The molecule has 0 spiro atoms. The Kier molecular flexibility index (Phi) is 6.02. The zero-order chi connectivity index (χ0) is 16.1. The van der Waals surface area contributed by atoms with Crippen LogP contribution in [0.3, 0.4) is 0 Å². The van der Waals surface area contributed by atoms with Crippen LogP contribution in [0.1, 0.15) is 17.2 Å². The maximum absolute atomic E-state index is 6.30. The lowest BCUT2D eigenvalue weighted by Crippen LogP contribution is -2.18. The minimum Gasteiger partial charge on any atom is -0.377 e. The molecule has 0 amide bonds. The van der Waals surface area contributed by atoms with Crippen LogP contribution in [-0.2, 0) is 24.4 Å². The summed E-state index contributed by atoms with van der Waals surface area (Å²) in [6.07, 6.45) is 0. The fourth-order valence-corrected chi connectivity index (χ4v) is 2.63. The molecule has 120 valence electrons. The Bertz CT molecular complexity index is 630. The molecule has 0 saturated carbocycles. The number of ether oxygens (including phenoxy) is 1. The summed E-state index contributed by atoms with van der Waals surface area (Å²) in [4.78, 5) is 6.29. The number of rotatable bonds is 7. The molecular formula is C14H19Cl2N5O. The number of nitrogens with one attached hydrogen (secondary N) is 2. The molecule has 8 heteroatoms. The number of anilines is 1. The first-order valence-electron chi connectivity index (χ1n) is 6.76. The first-order chi connectivity index (χ1) is 10.5. The molecule has 0 aliphatic carbocycles. The maximum Gasteiger partial charge on any atom is 0.164 e. The Hall–Kier alpha value is -1.34. The molecule has 0 aliphatic heterocycles. The standard InChI is InChI=1S/C14H19Cl2N5O/c1-21(2)12-5-9(15)4-11(16)10(12)6-17-7-13-18-14(8-22-3)20-19-13/h4-5,17H,6-8H2,1-3H3,(H,18,19,20). The third kappa shape index (κ3) is 4.33. The second-order valence-electron chi connectivity index (χ2n) is 5.01. The van der Waals surface area contributed by atoms with Crippen LogP contribution in [0.25, 0.3) is 0 Å². The van der Waals surface area contributed by atoms with Crippen molar-refractivity contribution in [1.29, 1.82) is 0 Å². The van der Waals surface area contributed by atoms with Crippen molar-refractivity contribution in [3.05, 3.63) is 39.4 Å². The van der Waals surface area contributed by atoms with E-state index < -0.39 is 0 Å². The van der Waals surface area contributed by atoms with Gasteiger partial charge in [0.2, 0.25) is 0 Å². The molecule has 0 atom stereocenters. The van der Waals surface area contributed by atoms with E-state index in [0.717, 1.165) is 11.3 Å². The number of aromatic nitrogens is 3. The van der Waals surface area contributed by atoms with Gasteiger partial charge >= 0.3 is 0 Å². The molecule has 22 heavy (non-hydrogen) atoms. The number of halogens is 2. The van der Waals surface area contributed by atoms with Crippen molar-refractivity contribution < 1.29 is 4.74 Å². The SMILES string of the molecule is COCc1nc(CNCc2c(Cl)cc(Cl)cc2N(C)C)n[nH]1. The highest BCUT2D eigenvalue weighted by atomic mass is 35.5. The van der Waals surface area contributed by atoms with Crippen molar-refractivity contribution >= 4 is 28.9 Å². The normalized spacial score (nSPS) is 11.0. The van der Waals surface area contributed by atoms with Gasteiger partial charge in [-0.05, 0) is 12.1 Å². The van der Waals surface area contributed by atoms with Crippen molar-refractivity contribution in [3.8, 4) is 0 Å². The lowest BCUT2D eigenvalue weighted by atomic mass is 10.1. The van der Waals surface area contributed by atoms with E-state index in [9.17, 15) is 0 Å². The third-order valence-electron chi connectivity index (χ3n) is 3.06. The zero-order valence-electron chi connectivity index (χ0n) is 12.8. The van der Waals surface area contributed by atoms with Crippen LogP contribution in [0.4, 0.5) is 5.69 Å². The fraction of sp³-hybridized carbons (Fsp3) is 0.429. The molecule has 2 aromatic rings. The first kappa shape index (κ1) is 17.0. The van der Waals surface area contributed by atoms with E-state index in [1.807, 2.05) is 25.1 Å². The molecule has 2 rings (SSSR count). The smallest absolute Gasteiger partial charge is 0.164 e. The number of hydrogen-bond donors (Lipinski definition) is 2. The van der Waals surface area contributed by atoms with Crippen LogP contribution in [0.15, 0.2) is 12.1 Å². The molecule has 0 fully saturated rings. The number of aromatic amines is 1. The lowest BCUT2D eigenvalue weighted by Gasteiger charge is -2.19. The monoisotopic (exact) mass is 343 g/mol. The summed E-state index contributed by atoms with van der Waals surface area (Å²) in [6, 6.07) is 3.64. The van der Waals surface area contributed by atoms with Gasteiger partial charge < -0.3 is 15.0 Å². The Labute approximate surface area is 139 Å². The Balaban J connectivity index is 2.01. The van der Waals surface area contributed by atoms with Gasteiger partial charge in [-0.2, -0.15) is 5.10 Å². The van der Waals surface area contributed by atoms with E-state index in [-0.39, 0.29) is 0 Å². The molecular weight excluding hydrogens is 325 g/mol. The fourth-order valence-electron chi connectivity index (χ4n) is 2.08. The highest BCUT2D eigenvalue weighted by Gasteiger charge is 2.11. The van der Waals surface area contributed by atoms with Crippen LogP contribution in [0.2, 0.25) is 10.0 Å². The molecule has 2 N–H and O–H groups in total. The average Bonchev–Trinajstić information content (AvgIpc) is 2.88. The van der Waals surface area contributed by atoms with Gasteiger partial charge in [0.15, 0.2) is 11.6 Å². The van der Waals surface area contributed by atoms with Crippen LogP contribution in [-0.4, -0.2) is 36.4 Å². The minimum atomic E-state index is 0.417. The van der Waals surface area contributed by atoms with Gasteiger partial charge in [0.05, 0.1) is 6.54 Å². The van der Waals surface area contributed by atoms with E-state index >= 15 is 0 Å². The largest absolute Gasteiger partial charge is 0.377 e. The third-order valence-corrected chi connectivity index (χ3v) is 3.62. The number of nitrogens with zero attached hydrogens (tertiary/aromatic N) is 3. The summed E-state index contributed by atoms with van der Waals surface area (Å²) < 4.78 is 4.99. The minimum absolute atomic E-state index is 0.417. The van der Waals surface area contributed by atoms with Gasteiger partial charge in [-0.15, -0.1) is 0 Å². The van der Waals surface area contributed by atoms with E-state index in [1.54, 1.807) is 13.2 Å². The summed E-state index contributed by atoms with van der Waals surface area (Å²) in [5.74, 6) is 1.39. The predicted molar refractivity (Wildman–Crippen MR) is 88.4 cm³/mol. The van der Waals surface area contributed by atoms with Gasteiger partial charge in [-0.25, -0.2) is 4.98 Å². The quantitative estimate of drug-likeness (QED) is 0.808. The van der Waals surface area contributed by atoms with Gasteiger partial charge in [-0.1, -0.05) is 23.2 Å². The van der Waals surface area contributed by atoms with Crippen molar-refractivity contribution in [3.63, 3.8) is 0 Å². The maximum atomic E-state index is 6.30. The summed E-state index contributed by atoms with van der Waals surface area (Å²) in [7, 11) is 5.53. The van der Waals surface area contributed by atoms with Gasteiger partial charge in [0, 0.05) is 49.0 Å². The zero-order valence-corrected chi connectivity index (χ0v) is 14.3. The van der Waals surface area contributed by atoms with Crippen LogP contribution >= 0.6 is 23.2 Å². The number of benzene rings is 1. The predicted octanol–water partition coefficient (Wildman–Crippen LogP) is 2.61. The molecule has 1 heterocycles. The van der Waals surface area contributed by atoms with Crippen molar-refractivity contribution in [2.75, 3.05) is 26.1 Å². The van der Waals surface area contributed by atoms with E-state index in [0.29, 0.717) is 41.4 Å². The Morgan fingerprint density at radius 3 is 2.73 bits per heavy atom. The van der Waals surface area contributed by atoms with Crippen molar-refractivity contribution in [2.45, 2.75) is 19.7 Å². The molecule has 0 unspecified atom stereocenters. The van der Waals surface area contributed by atoms with E-state index in [1.165, 1.54) is 0 Å². The van der Waals surface area contributed by atoms with Crippen molar-refractivity contribution in [1.82, 2.24) is 20.5 Å². The molecule has 0 radical (unpaired) electrons. The molecule has 1 aromatic carbocycles. The molecule has 0 bridgehead atoms. The number of H-pyrrole nitrogens is 1. The summed E-state index contributed by atoms with van der Waals surface area (Å²) in [5.41, 5.74) is 1.98. The highest BCUT2D eigenvalue weighted by Crippen LogP contribution is 2.30. The van der Waals surface area contributed by atoms with Crippen LogP contribution < -0.4 is 10.2 Å². The van der Waals surface area contributed by atoms with Gasteiger partial charge in [0.25, 0.3) is 0 Å². The topological polar surface area (TPSA) is 66.1 Å². The number of hydrogen-bond acceptors (Lipinski definition) is 5. The van der Waals surface area contributed by atoms with Crippen LogP contribution in [0.5, 0.6) is 0 Å². The summed E-state index contributed by atoms with van der Waals surface area (Å²) in [6.45, 7) is 1.55. The Morgan fingerprint density at radius 1 is 1.27 bits per heavy atom. The molecule has 0 saturated heterocycles. The summed E-state index contributed by atoms with van der Waals surface area (Å²) >= 11 is 12.4. The average molecular weight is 344 g/mol. The van der Waals surface area contributed by atoms with E-state index in [2.05, 4.69) is 20.5 Å². The first-order valence-corrected chi connectivity index (χ1v) is 7.52.